The number of nitrogens with zero attached hydrogens (tertiary/aromatic N) is 2. The average molecular weight is 735 g/mol. The third kappa shape index (κ3) is 9.77. The monoisotopic (exact) mass is 733 g/mol. The summed E-state index contributed by atoms with van der Waals surface area (Å²) in [7, 11) is -4.60. The van der Waals surface area contributed by atoms with E-state index >= 15 is 0 Å². The number of alkyl halides is 3. The zero-order chi connectivity index (χ0) is 35.9. The molecule has 7 nitrogen and oxygen atoms in total. The van der Waals surface area contributed by atoms with E-state index in [2.05, 4.69) is 5.32 Å². The van der Waals surface area contributed by atoms with Crippen LogP contribution in [0.5, 0.6) is 0 Å². The molecule has 0 unspecified atom stereocenters. The molecule has 0 heterocycles. The molecule has 49 heavy (non-hydrogen) atoms. The zero-order valence-corrected chi connectivity index (χ0v) is 29.4. The smallest absolute Gasteiger partial charge is 0.352 e. The van der Waals surface area contributed by atoms with E-state index in [9.17, 15) is 31.2 Å². The lowest BCUT2D eigenvalue weighted by Gasteiger charge is -2.34. The van der Waals surface area contributed by atoms with E-state index in [0.717, 1.165) is 17.7 Å². The predicted molar refractivity (Wildman–Crippen MR) is 186 cm³/mol. The van der Waals surface area contributed by atoms with Crippen LogP contribution in [0.3, 0.4) is 0 Å². The van der Waals surface area contributed by atoms with E-state index in [1.165, 1.54) is 29.2 Å². The maximum absolute atomic E-state index is 14.6. The van der Waals surface area contributed by atoms with Crippen LogP contribution in [0.15, 0.2) is 102 Å². The van der Waals surface area contributed by atoms with Crippen LogP contribution in [0.4, 0.5) is 18.9 Å². The number of amides is 2. The van der Waals surface area contributed by atoms with Gasteiger partial charge in [-0.15, -0.1) is 0 Å². The number of hydrogen-bond acceptors (Lipinski definition) is 4. The quantitative estimate of drug-likeness (QED) is 0.151. The second-order valence-electron chi connectivity index (χ2n) is 11.7. The van der Waals surface area contributed by atoms with Crippen molar-refractivity contribution in [2.75, 3.05) is 10.8 Å². The second-order valence-corrected chi connectivity index (χ2v) is 14.4. The number of carbonyl (C=O) groups excluding carboxylic acids is 2. The lowest BCUT2D eigenvalue weighted by molar-refractivity contribution is -0.140. The molecule has 0 spiro atoms. The Labute approximate surface area is 294 Å². The van der Waals surface area contributed by atoms with Crippen molar-refractivity contribution in [2.24, 2.45) is 0 Å². The van der Waals surface area contributed by atoms with Gasteiger partial charge in [0.25, 0.3) is 10.0 Å². The number of aryl methyl sites for hydroxylation is 1. The Balaban J connectivity index is 1.87. The first-order chi connectivity index (χ1) is 23.1. The van der Waals surface area contributed by atoms with Crippen LogP contribution in [0, 0.1) is 6.92 Å². The Bertz CT molecular complexity index is 1870. The molecule has 0 saturated carbocycles. The SMILES string of the molecule is CC[C@H](C)NC(=O)[C@@H](Cc1ccccc1)N(Cc1ccc(Cl)cc1Cl)C(=O)CN(c1cccc(C(F)(F)F)c1)S(=O)(=O)c1ccc(C)cc1. The van der Waals surface area contributed by atoms with Crippen LogP contribution in [-0.4, -0.2) is 43.8 Å². The van der Waals surface area contributed by atoms with E-state index in [1.54, 1.807) is 61.5 Å². The van der Waals surface area contributed by atoms with Gasteiger partial charge in [-0.2, -0.15) is 13.2 Å². The highest BCUT2D eigenvalue weighted by Gasteiger charge is 2.37. The van der Waals surface area contributed by atoms with E-state index in [-0.39, 0.29) is 34.6 Å². The third-order valence-electron chi connectivity index (χ3n) is 7.98. The van der Waals surface area contributed by atoms with Gasteiger partial charge in [0.1, 0.15) is 12.6 Å². The van der Waals surface area contributed by atoms with Gasteiger partial charge in [0.05, 0.1) is 16.1 Å². The number of carbonyl (C=O) groups is 2. The molecule has 4 aromatic carbocycles. The Morgan fingerprint density at radius 1 is 0.898 bits per heavy atom. The van der Waals surface area contributed by atoms with Gasteiger partial charge in [0.2, 0.25) is 11.8 Å². The molecule has 4 rings (SSSR count). The molecule has 1 N–H and O–H groups in total. The fourth-order valence-electron chi connectivity index (χ4n) is 5.03. The fraction of sp³-hybridized carbons (Fsp3) is 0.278. The van der Waals surface area contributed by atoms with Crippen molar-refractivity contribution in [3.8, 4) is 0 Å². The number of halogens is 5. The molecule has 0 aliphatic heterocycles. The van der Waals surface area contributed by atoms with Crippen molar-refractivity contribution in [1.82, 2.24) is 10.2 Å². The van der Waals surface area contributed by atoms with Crippen molar-refractivity contribution in [3.05, 3.63) is 129 Å². The first-order valence-corrected chi connectivity index (χ1v) is 17.6. The summed E-state index contributed by atoms with van der Waals surface area (Å²) in [6.07, 6.45) is -4.14. The van der Waals surface area contributed by atoms with Crippen molar-refractivity contribution < 1.29 is 31.2 Å². The van der Waals surface area contributed by atoms with Gasteiger partial charge >= 0.3 is 6.18 Å². The molecule has 2 atom stereocenters. The first-order valence-electron chi connectivity index (χ1n) is 15.4. The Morgan fingerprint density at radius 3 is 2.18 bits per heavy atom. The largest absolute Gasteiger partial charge is 0.416 e. The summed E-state index contributed by atoms with van der Waals surface area (Å²) in [5, 5.41) is 3.46. The molecule has 0 aromatic heterocycles. The van der Waals surface area contributed by atoms with E-state index < -0.39 is 46.2 Å². The minimum Gasteiger partial charge on any atom is -0.352 e. The molecule has 13 heteroatoms. The van der Waals surface area contributed by atoms with Crippen LogP contribution < -0.4 is 9.62 Å². The van der Waals surface area contributed by atoms with Gasteiger partial charge in [-0.05, 0) is 73.9 Å². The lowest BCUT2D eigenvalue weighted by atomic mass is 10.0. The van der Waals surface area contributed by atoms with Crippen LogP contribution in [-0.2, 0) is 38.8 Å². The van der Waals surface area contributed by atoms with Crippen molar-refractivity contribution >= 4 is 50.7 Å². The molecule has 0 fully saturated rings. The van der Waals surface area contributed by atoms with Crippen molar-refractivity contribution in [1.29, 1.82) is 0 Å². The standard InChI is InChI=1S/C36H36Cl2F3N3O4S/c1-4-25(3)42-35(46)33(19-26-9-6-5-7-10-26)43(22-27-15-16-29(37)21-32(27)38)34(45)23-44(30-12-8-11-28(20-30)36(39,40)41)49(47,48)31-17-13-24(2)14-18-31/h5-18,20-21,25,33H,4,19,22-23H2,1-3H3,(H,42,46)/t25-,33+/m0/s1. The number of hydrogen-bond donors (Lipinski definition) is 1. The normalized spacial score (nSPS) is 13.0. The summed E-state index contributed by atoms with van der Waals surface area (Å²) < 4.78 is 70.4. The molecule has 0 aliphatic rings. The van der Waals surface area contributed by atoms with Gasteiger partial charge in [-0.1, -0.05) is 90.3 Å². The maximum Gasteiger partial charge on any atom is 0.416 e. The van der Waals surface area contributed by atoms with E-state index in [0.29, 0.717) is 32.9 Å². The number of benzene rings is 4. The van der Waals surface area contributed by atoms with Crippen LogP contribution in [0.1, 0.15) is 42.5 Å². The number of nitrogens with one attached hydrogen (secondary N) is 1. The topological polar surface area (TPSA) is 86.8 Å². The number of sulfonamides is 1. The lowest BCUT2D eigenvalue weighted by Crippen LogP contribution is -2.54. The summed E-state index contributed by atoms with van der Waals surface area (Å²) in [6.45, 7) is 4.28. The molecular weight excluding hydrogens is 698 g/mol. The first kappa shape index (κ1) is 37.8. The van der Waals surface area contributed by atoms with E-state index in [4.69, 9.17) is 23.2 Å². The molecule has 0 radical (unpaired) electrons. The van der Waals surface area contributed by atoms with Gasteiger partial charge in [0, 0.05) is 29.1 Å². The summed E-state index contributed by atoms with van der Waals surface area (Å²) in [4.78, 5) is 29.5. The predicted octanol–water partition coefficient (Wildman–Crippen LogP) is 8.07. The van der Waals surface area contributed by atoms with Crippen LogP contribution in [0.25, 0.3) is 0 Å². The highest BCUT2D eigenvalue weighted by atomic mass is 35.5. The number of rotatable bonds is 13. The molecule has 2 amide bonds. The molecule has 0 saturated heterocycles. The molecule has 0 aliphatic carbocycles. The summed E-state index contributed by atoms with van der Waals surface area (Å²) >= 11 is 12.6. The molecule has 260 valence electrons. The minimum atomic E-state index is -4.79. The minimum absolute atomic E-state index is 0.0499. The molecule has 4 aromatic rings. The van der Waals surface area contributed by atoms with Crippen molar-refractivity contribution in [2.45, 2.75) is 63.3 Å². The van der Waals surface area contributed by atoms with Gasteiger partial charge in [-0.3, -0.25) is 13.9 Å². The zero-order valence-electron chi connectivity index (χ0n) is 27.0. The summed E-state index contributed by atoms with van der Waals surface area (Å²) in [5.74, 6) is -1.34. The highest BCUT2D eigenvalue weighted by molar-refractivity contribution is 7.92. The Kier molecular flexibility index (Phi) is 12.4. The van der Waals surface area contributed by atoms with Gasteiger partial charge in [0.15, 0.2) is 0 Å². The van der Waals surface area contributed by atoms with Gasteiger partial charge < -0.3 is 10.2 Å². The fourth-order valence-corrected chi connectivity index (χ4v) is 6.91. The maximum atomic E-state index is 14.6. The summed E-state index contributed by atoms with van der Waals surface area (Å²) in [6, 6.07) is 21.6. The van der Waals surface area contributed by atoms with Crippen LogP contribution >= 0.6 is 23.2 Å². The average Bonchev–Trinajstić information content (AvgIpc) is 3.06. The van der Waals surface area contributed by atoms with Crippen LogP contribution in [0.2, 0.25) is 10.0 Å². The van der Waals surface area contributed by atoms with E-state index in [1.807, 2.05) is 13.8 Å². The van der Waals surface area contributed by atoms with Crippen molar-refractivity contribution in [3.63, 3.8) is 0 Å². The second kappa shape index (κ2) is 16.1. The Hall–Kier alpha value is -4.06. The number of anilines is 1. The highest BCUT2D eigenvalue weighted by Crippen LogP contribution is 2.34. The third-order valence-corrected chi connectivity index (χ3v) is 10.4. The summed E-state index contributed by atoms with van der Waals surface area (Å²) in [5.41, 5.74) is 0.413. The molecular formula is C36H36Cl2F3N3O4S. The van der Waals surface area contributed by atoms with Gasteiger partial charge in [-0.25, -0.2) is 8.42 Å². The Morgan fingerprint density at radius 2 is 1.57 bits per heavy atom. The molecule has 0 bridgehead atoms.